The van der Waals surface area contributed by atoms with Crippen LogP contribution in [0.5, 0.6) is 5.75 Å². The van der Waals surface area contributed by atoms with Crippen LogP contribution in [0.4, 0.5) is 5.69 Å². The Bertz CT molecular complexity index is 1540. The van der Waals surface area contributed by atoms with Crippen LogP contribution in [0.3, 0.4) is 0 Å². The van der Waals surface area contributed by atoms with Gasteiger partial charge >= 0.3 is 5.69 Å². The smallest absolute Gasteiger partial charge is 0.331 e. The van der Waals surface area contributed by atoms with Crippen LogP contribution in [0, 0.1) is 0 Å². The van der Waals surface area contributed by atoms with Gasteiger partial charge in [-0.3, -0.25) is 23.5 Å². The quantitative estimate of drug-likeness (QED) is 0.299. The zero-order valence-corrected chi connectivity index (χ0v) is 21.2. The van der Waals surface area contributed by atoms with Gasteiger partial charge in [0.2, 0.25) is 11.8 Å². The summed E-state index contributed by atoms with van der Waals surface area (Å²) < 4.78 is 7.68. The summed E-state index contributed by atoms with van der Waals surface area (Å²) in [7, 11) is 1.57. The van der Waals surface area contributed by atoms with Crippen molar-refractivity contribution in [2.45, 2.75) is 38.9 Å². The molecule has 4 rings (SSSR count). The topological polar surface area (TPSA) is 111 Å². The van der Waals surface area contributed by atoms with Gasteiger partial charge in [0.25, 0.3) is 5.56 Å². The van der Waals surface area contributed by atoms with Crippen LogP contribution >= 0.6 is 0 Å². The molecule has 9 heteroatoms. The van der Waals surface area contributed by atoms with Crippen LogP contribution in [0.25, 0.3) is 10.9 Å². The van der Waals surface area contributed by atoms with Crippen LogP contribution in [0.1, 0.15) is 24.8 Å². The number of carbonyl (C=O) groups is 2. The Hall–Kier alpha value is -4.66. The Labute approximate surface area is 219 Å². The van der Waals surface area contributed by atoms with E-state index in [1.807, 2.05) is 54.6 Å². The molecule has 0 saturated carbocycles. The monoisotopic (exact) mass is 514 g/mol. The average molecular weight is 515 g/mol. The second-order valence-corrected chi connectivity index (χ2v) is 8.84. The molecule has 9 nitrogen and oxygen atoms in total. The molecule has 0 aliphatic heterocycles. The minimum absolute atomic E-state index is 0.132. The molecule has 1 heterocycles. The summed E-state index contributed by atoms with van der Waals surface area (Å²) in [5.74, 6) is 0.193. The fraction of sp³-hybridized carbons (Fsp3) is 0.241. The number of carbonyl (C=O) groups excluding carboxylic acids is 2. The van der Waals surface area contributed by atoms with Gasteiger partial charge in [0.05, 0.1) is 18.0 Å². The SMILES string of the molecule is COc1cccc(CNC(=O)Cn2c(=O)n(CCCCC(=O)Nc3ccccc3)c(=O)c3ccccc32)c1. The minimum Gasteiger partial charge on any atom is -0.497 e. The Morgan fingerprint density at radius 3 is 2.39 bits per heavy atom. The molecule has 0 radical (unpaired) electrons. The second-order valence-electron chi connectivity index (χ2n) is 8.84. The lowest BCUT2D eigenvalue weighted by molar-refractivity contribution is -0.122. The highest BCUT2D eigenvalue weighted by molar-refractivity contribution is 5.90. The third-order valence-corrected chi connectivity index (χ3v) is 6.15. The van der Waals surface area contributed by atoms with Crippen molar-refractivity contribution in [1.29, 1.82) is 0 Å². The first-order chi connectivity index (χ1) is 18.5. The first kappa shape index (κ1) is 26.4. The summed E-state index contributed by atoms with van der Waals surface area (Å²) in [6, 6.07) is 23.2. The largest absolute Gasteiger partial charge is 0.497 e. The van der Waals surface area contributed by atoms with Crippen molar-refractivity contribution in [2.24, 2.45) is 0 Å². The summed E-state index contributed by atoms with van der Waals surface area (Å²) in [5, 5.41) is 6.00. The number of nitrogens with zero attached hydrogens (tertiary/aromatic N) is 2. The van der Waals surface area contributed by atoms with E-state index in [1.54, 1.807) is 31.4 Å². The number of unbranched alkanes of at least 4 members (excludes halogenated alkanes) is 1. The average Bonchev–Trinajstić information content (AvgIpc) is 2.94. The van der Waals surface area contributed by atoms with E-state index < -0.39 is 11.2 Å². The normalized spacial score (nSPS) is 10.8. The van der Waals surface area contributed by atoms with Gasteiger partial charge < -0.3 is 15.4 Å². The van der Waals surface area contributed by atoms with Crippen molar-refractivity contribution in [3.05, 3.63) is 105 Å². The number of nitrogens with one attached hydrogen (secondary N) is 2. The molecule has 0 bridgehead atoms. The van der Waals surface area contributed by atoms with Crippen LogP contribution in [0.2, 0.25) is 0 Å². The molecule has 38 heavy (non-hydrogen) atoms. The number of fused-ring (bicyclic) bond motifs is 1. The first-order valence-electron chi connectivity index (χ1n) is 12.4. The molecule has 1 aromatic heterocycles. The summed E-state index contributed by atoms with van der Waals surface area (Å²) in [6.45, 7) is 0.184. The Morgan fingerprint density at radius 1 is 0.842 bits per heavy atom. The van der Waals surface area contributed by atoms with Gasteiger partial charge in [0.15, 0.2) is 0 Å². The highest BCUT2D eigenvalue weighted by Gasteiger charge is 2.15. The van der Waals surface area contributed by atoms with E-state index in [0.717, 1.165) is 15.8 Å². The van der Waals surface area contributed by atoms with Crippen molar-refractivity contribution in [3.8, 4) is 5.75 Å². The molecule has 0 atom stereocenters. The van der Waals surface area contributed by atoms with E-state index in [2.05, 4.69) is 10.6 Å². The van der Waals surface area contributed by atoms with Gasteiger partial charge in [-0.05, 0) is 54.8 Å². The molecule has 0 fully saturated rings. The number of methoxy groups -OCH3 is 1. The van der Waals surface area contributed by atoms with Crippen molar-refractivity contribution >= 4 is 28.4 Å². The van der Waals surface area contributed by atoms with E-state index in [-0.39, 0.29) is 37.9 Å². The van der Waals surface area contributed by atoms with Gasteiger partial charge in [-0.2, -0.15) is 0 Å². The molecular formula is C29H30N4O5. The van der Waals surface area contributed by atoms with Crippen molar-refractivity contribution < 1.29 is 14.3 Å². The van der Waals surface area contributed by atoms with E-state index in [0.29, 0.717) is 29.5 Å². The Morgan fingerprint density at radius 2 is 1.61 bits per heavy atom. The van der Waals surface area contributed by atoms with Gasteiger partial charge in [-0.15, -0.1) is 0 Å². The Balaban J connectivity index is 1.44. The van der Waals surface area contributed by atoms with Gasteiger partial charge in [-0.1, -0.05) is 42.5 Å². The number of para-hydroxylation sites is 2. The molecule has 2 amide bonds. The molecule has 0 spiro atoms. The molecule has 4 aromatic rings. The minimum atomic E-state index is -0.557. The lowest BCUT2D eigenvalue weighted by Crippen LogP contribution is -2.42. The molecule has 0 saturated heterocycles. The van der Waals surface area contributed by atoms with E-state index in [9.17, 15) is 19.2 Å². The van der Waals surface area contributed by atoms with Crippen molar-refractivity contribution in [3.63, 3.8) is 0 Å². The summed E-state index contributed by atoms with van der Waals surface area (Å²) in [6.07, 6.45) is 1.22. The molecule has 2 N–H and O–H groups in total. The number of anilines is 1. The molecule has 0 aliphatic carbocycles. The number of aromatic nitrogens is 2. The summed E-state index contributed by atoms with van der Waals surface area (Å²) in [5.41, 5.74) is 1.01. The highest BCUT2D eigenvalue weighted by atomic mass is 16.5. The third-order valence-electron chi connectivity index (χ3n) is 6.15. The fourth-order valence-electron chi connectivity index (χ4n) is 4.20. The summed E-state index contributed by atoms with van der Waals surface area (Å²) in [4.78, 5) is 51.4. The van der Waals surface area contributed by atoms with Gasteiger partial charge in [0.1, 0.15) is 12.3 Å². The number of rotatable bonds is 11. The van der Waals surface area contributed by atoms with E-state index in [4.69, 9.17) is 4.74 Å². The highest BCUT2D eigenvalue weighted by Crippen LogP contribution is 2.13. The zero-order chi connectivity index (χ0) is 26.9. The maximum Gasteiger partial charge on any atom is 0.331 e. The van der Waals surface area contributed by atoms with Gasteiger partial charge in [0, 0.05) is 25.2 Å². The molecular weight excluding hydrogens is 484 g/mol. The molecule has 0 unspecified atom stereocenters. The third kappa shape index (κ3) is 6.56. The standard InChI is InChI=1S/C29H30N4O5/c1-38-23-13-9-10-21(18-23)19-30-27(35)20-33-25-15-6-5-14-24(25)28(36)32(29(33)37)17-8-7-16-26(34)31-22-11-3-2-4-12-22/h2-6,9-15,18H,7-8,16-17,19-20H2,1H3,(H,30,35)(H,31,34). The maximum atomic E-state index is 13.3. The van der Waals surface area contributed by atoms with Crippen LogP contribution in [-0.4, -0.2) is 28.1 Å². The Kier molecular flexibility index (Phi) is 8.71. The number of benzene rings is 3. The second kappa shape index (κ2) is 12.5. The number of amides is 2. The van der Waals surface area contributed by atoms with Crippen LogP contribution < -0.4 is 26.6 Å². The number of ether oxygens (including phenoxy) is 1. The zero-order valence-electron chi connectivity index (χ0n) is 21.2. The van der Waals surface area contributed by atoms with Crippen LogP contribution in [0.15, 0.2) is 88.5 Å². The van der Waals surface area contributed by atoms with Crippen LogP contribution in [-0.2, 0) is 29.2 Å². The van der Waals surface area contributed by atoms with Crippen molar-refractivity contribution in [1.82, 2.24) is 14.5 Å². The van der Waals surface area contributed by atoms with E-state index in [1.165, 1.54) is 4.57 Å². The first-order valence-corrected chi connectivity index (χ1v) is 12.4. The predicted molar refractivity (Wildman–Crippen MR) is 146 cm³/mol. The molecule has 0 aliphatic rings. The predicted octanol–water partition coefficient (Wildman–Crippen LogP) is 3.30. The molecule has 3 aromatic carbocycles. The lowest BCUT2D eigenvalue weighted by atomic mass is 10.2. The number of hydrogen-bond donors (Lipinski definition) is 2. The maximum absolute atomic E-state index is 13.3. The lowest BCUT2D eigenvalue weighted by Gasteiger charge is -2.14. The van der Waals surface area contributed by atoms with Crippen molar-refractivity contribution in [2.75, 3.05) is 12.4 Å². The van der Waals surface area contributed by atoms with E-state index >= 15 is 0 Å². The molecule has 196 valence electrons. The summed E-state index contributed by atoms with van der Waals surface area (Å²) >= 11 is 0. The fourth-order valence-corrected chi connectivity index (χ4v) is 4.20. The number of hydrogen-bond acceptors (Lipinski definition) is 5. The van der Waals surface area contributed by atoms with Gasteiger partial charge in [-0.25, -0.2) is 4.79 Å².